The predicted molar refractivity (Wildman–Crippen MR) is 96.4 cm³/mol. The van der Waals surface area contributed by atoms with Crippen LogP contribution in [0.4, 0.5) is 17.2 Å². The first-order chi connectivity index (χ1) is 12.5. The molecule has 2 rings (SSSR count). The molecule has 0 aliphatic carbocycles. The second-order valence-corrected chi connectivity index (χ2v) is 5.43. The molecule has 0 aromatic carbocycles. The molecule has 0 atom stereocenters. The van der Waals surface area contributed by atoms with Crippen molar-refractivity contribution < 1.29 is 9.53 Å². The van der Waals surface area contributed by atoms with Crippen molar-refractivity contribution in [1.82, 2.24) is 9.97 Å². The normalized spacial score (nSPS) is 10.3. The molecule has 0 radical (unpaired) electrons. The number of hydrogen-bond acceptors (Lipinski definition) is 8. The molecule has 0 aliphatic heterocycles. The molecule has 2 aromatic rings. The third-order valence-electron chi connectivity index (χ3n) is 3.28. The summed E-state index contributed by atoms with van der Waals surface area (Å²) in [5.74, 6) is 0.315. The standard InChI is InChI=1S/C18H18N6O2/c1-13(2)18(25)26-9-8-24(3)17-7-6-16(12-21-17)23-22-15-5-4-14(10-19)20-11-15/h4-7,11-12H,1,8-9H2,2-3H3/b23-22+. The van der Waals surface area contributed by atoms with Crippen molar-refractivity contribution in [3.63, 3.8) is 0 Å². The highest BCUT2D eigenvalue weighted by Crippen LogP contribution is 2.19. The Morgan fingerprint density at radius 1 is 1.23 bits per heavy atom. The number of pyridine rings is 2. The topological polar surface area (TPSA) is 104 Å². The molecule has 2 heterocycles. The van der Waals surface area contributed by atoms with E-state index >= 15 is 0 Å². The van der Waals surface area contributed by atoms with Crippen molar-refractivity contribution in [2.24, 2.45) is 10.2 Å². The van der Waals surface area contributed by atoms with Gasteiger partial charge in [-0.15, -0.1) is 10.2 Å². The van der Waals surface area contributed by atoms with Gasteiger partial charge in [0.2, 0.25) is 0 Å². The summed E-state index contributed by atoms with van der Waals surface area (Å²) in [6.07, 6.45) is 3.07. The van der Waals surface area contributed by atoms with Crippen LogP contribution in [0.2, 0.25) is 0 Å². The van der Waals surface area contributed by atoms with Gasteiger partial charge >= 0.3 is 5.97 Å². The fourth-order valence-corrected chi connectivity index (χ4v) is 1.80. The number of hydrogen-bond donors (Lipinski definition) is 0. The minimum absolute atomic E-state index is 0.247. The lowest BCUT2D eigenvalue weighted by molar-refractivity contribution is -0.138. The van der Waals surface area contributed by atoms with Crippen LogP contribution in [-0.2, 0) is 9.53 Å². The molecule has 0 bridgehead atoms. The predicted octanol–water partition coefficient (Wildman–Crippen LogP) is 3.32. The average Bonchev–Trinajstić information content (AvgIpc) is 2.66. The molecule has 0 amide bonds. The Morgan fingerprint density at radius 2 is 1.88 bits per heavy atom. The highest BCUT2D eigenvalue weighted by molar-refractivity contribution is 5.86. The van der Waals surface area contributed by atoms with Gasteiger partial charge in [-0.1, -0.05) is 6.58 Å². The quantitative estimate of drug-likeness (QED) is 0.431. The highest BCUT2D eigenvalue weighted by atomic mass is 16.5. The van der Waals surface area contributed by atoms with Crippen LogP contribution in [-0.4, -0.2) is 36.1 Å². The molecule has 8 nitrogen and oxygen atoms in total. The van der Waals surface area contributed by atoms with Gasteiger partial charge in [-0.25, -0.2) is 14.8 Å². The Morgan fingerprint density at radius 3 is 2.38 bits per heavy atom. The second kappa shape index (κ2) is 9.03. The summed E-state index contributed by atoms with van der Waals surface area (Å²) in [6.45, 7) is 5.89. The number of esters is 1. The van der Waals surface area contributed by atoms with Gasteiger partial charge in [0, 0.05) is 12.6 Å². The van der Waals surface area contributed by atoms with E-state index in [1.807, 2.05) is 18.0 Å². The first kappa shape index (κ1) is 18.7. The summed E-state index contributed by atoms with van der Waals surface area (Å²) in [5.41, 5.74) is 1.83. The molecule has 132 valence electrons. The van der Waals surface area contributed by atoms with Crippen LogP contribution >= 0.6 is 0 Å². The van der Waals surface area contributed by atoms with E-state index in [4.69, 9.17) is 10.00 Å². The number of nitrogens with zero attached hydrogens (tertiary/aromatic N) is 6. The zero-order chi connectivity index (χ0) is 18.9. The zero-order valence-electron chi connectivity index (χ0n) is 14.6. The van der Waals surface area contributed by atoms with E-state index in [2.05, 4.69) is 26.8 Å². The van der Waals surface area contributed by atoms with E-state index in [9.17, 15) is 4.79 Å². The van der Waals surface area contributed by atoms with Crippen LogP contribution in [0.5, 0.6) is 0 Å². The third kappa shape index (κ3) is 5.49. The van der Waals surface area contributed by atoms with E-state index in [0.717, 1.165) is 5.82 Å². The van der Waals surface area contributed by atoms with E-state index in [1.165, 1.54) is 6.20 Å². The first-order valence-electron chi connectivity index (χ1n) is 7.77. The lowest BCUT2D eigenvalue weighted by Crippen LogP contribution is -2.24. The maximum atomic E-state index is 11.3. The number of rotatable bonds is 7. The second-order valence-electron chi connectivity index (χ2n) is 5.43. The summed E-state index contributed by atoms with van der Waals surface area (Å²) in [6, 6.07) is 8.75. The van der Waals surface area contributed by atoms with E-state index in [1.54, 1.807) is 37.4 Å². The minimum Gasteiger partial charge on any atom is -0.460 e. The van der Waals surface area contributed by atoms with Gasteiger partial charge in [0.25, 0.3) is 0 Å². The number of ether oxygens (including phenoxy) is 1. The van der Waals surface area contributed by atoms with Crippen LogP contribution in [0.3, 0.4) is 0 Å². The Hall–Kier alpha value is -3.60. The van der Waals surface area contributed by atoms with Gasteiger partial charge in [-0.2, -0.15) is 5.26 Å². The van der Waals surface area contributed by atoms with Gasteiger partial charge in [-0.05, 0) is 31.2 Å². The van der Waals surface area contributed by atoms with Crippen LogP contribution in [0.25, 0.3) is 0 Å². The number of carbonyl (C=O) groups is 1. The van der Waals surface area contributed by atoms with Crippen molar-refractivity contribution in [2.45, 2.75) is 6.92 Å². The summed E-state index contributed by atoms with van der Waals surface area (Å²) < 4.78 is 5.06. The van der Waals surface area contributed by atoms with Gasteiger partial charge in [0.15, 0.2) is 0 Å². The Balaban J connectivity index is 1.90. The Kier molecular flexibility index (Phi) is 6.51. The number of carbonyl (C=O) groups excluding carboxylic acids is 1. The van der Waals surface area contributed by atoms with Gasteiger partial charge < -0.3 is 9.64 Å². The number of azo groups is 1. The maximum Gasteiger partial charge on any atom is 0.333 e. The summed E-state index contributed by atoms with van der Waals surface area (Å²) in [4.78, 5) is 21.4. The third-order valence-corrected chi connectivity index (χ3v) is 3.28. The summed E-state index contributed by atoms with van der Waals surface area (Å²) in [5, 5.41) is 16.8. The van der Waals surface area contributed by atoms with Crippen LogP contribution < -0.4 is 4.90 Å². The van der Waals surface area contributed by atoms with Crippen molar-refractivity contribution in [1.29, 1.82) is 5.26 Å². The van der Waals surface area contributed by atoms with Crippen LogP contribution in [0.1, 0.15) is 12.6 Å². The average molecular weight is 350 g/mol. The molecule has 0 saturated heterocycles. The van der Waals surface area contributed by atoms with E-state index in [-0.39, 0.29) is 6.61 Å². The van der Waals surface area contributed by atoms with E-state index in [0.29, 0.717) is 29.2 Å². The molecule has 0 aliphatic rings. The molecule has 8 heteroatoms. The largest absolute Gasteiger partial charge is 0.460 e. The molecule has 2 aromatic heterocycles. The number of likely N-dealkylation sites (N-methyl/N-ethyl adjacent to an activating group) is 1. The lowest BCUT2D eigenvalue weighted by atomic mass is 10.3. The fraction of sp³-hybridized carbons (Fsp3) is 0.222. The molecular weight excluding hydrogens is 332 g/mol. The van der Waals surface area contributed by atoms with Crippen LogP contribution in [0.15, 0.2) is 59.0 Å². The number of nitriles is 1. The molecule has 26 heavy (non-hydrogen) atoms. The number of anilines is 1. The highest BCUT2D eigenvalue weighted by Gasteiger charge is 2.06. The Bertz CT molecular complexity index is 837. The van der Waals surface area contributed by atoms with Crippen LogP contribution in [0, 0.1) is 11.3 Å². The molecule has 0 unspecified atom stereocenters. The fourth-order valence-electron chi connectivity index (χ4n) is 1.80. The molecular formula is C18H18N6O2. The van der Waals surface area contributed by atoms with E-state index < -0.39 is 5.97 Å². The van der Waals surface area contributed by atoms with Crippen molar-refractivity contribution in [2.75, 3.05) is 25.1 Å². The molecule has 0 fully saturated rings. The Labute approximate surface area is 151 Å². The van der Waals surface area contributed by atoms with Crippen molar-refractivity contribution in [3.05, 3.63) is 54.5 Å². The van der Waals surface area contributed by atoms with Gasteiger partial charge in [0.1, 0.15) is 35.6 Å². The smallest absolute Gasteiger partial charge is 0.333 e. The minimum atomic E-state index is -0.403. The SMILES string of the molecule is C=C(C)C(=O)OCCN(C)c1ccc(/N=N/c2ccc(C#N)nc2)cn1. The van der Waals surface area contributed by atoms with Gasteiger partial charge in [-0.3, -0.25) is 0 Å². The monoisotopic (exact) mass is 350 g/mol. The zero-order valence-corrected chi connectivity index (χ0v) is 14.6. The van der Waals surface area contributed by atoms with Crippen molar-refractivity contribution >= 4 is 23.2 Å². The molecule has 0 spiro atoms. The summed E-state index contributed by atoms with van der Waals surface area (Å²) in [7, 11) is 1.85. The number of aromatic nitrogens is 2. The first-order valence-corrected chi connectivity index (χ1v) is 7.77. The lowest BCUT2D eigenvalue weighted by Gasteiger charge is -2.17. The van der Waals surface area contributed by atoms with Crippen molar-refractivity contribution in [3.8, 4) is 6.07 Å². The van der Waals surface area contributed by atoms with Gasteiger partial charge in [0.05, 0.1) is 18.9 Å². The molecule has 0 saturated carbocycles. The summed E-state index contributed by atoms with van der Waals surface area (Å²) >= 11 is 0. The molecule has 0 N–H and O–H groups in total. The maximum absolute atomic E-state index is 11.3.